The van der Waals surface area contributed by atoms with E-state index in [1.165, 1.54) is 17.6 Å². The molecule has 0 aliphatic heterocycles. The molecule has 1 aromatic carbocycles. The van der Waals surface area contributed by atoms with Gasteiger partial charge in [-0.3, -0.25) is 0 Å². The molecule has 0 radical (unpaired) electrons. The third-order valence-corrected chi connectivity index (χ3v) is 6.20. The molecule has 0 saturated carbocycles. The van der Waals surface area contributed by atoms with Crippen LogP contribution in [-0.4, -0.2) is 31.2 Å². The average Bonchev–Trinajstić information content (AvgIpc) is 3.03. The van der Waals surface area contributed by atoms with Gasteiger partial charge in [0.2, 0.25) is 5.88 Å². The highest BCUT2D eigenvalue weighted by Gasteiger charge is 2.11. The highest BCUT2D eigenvalue weighted by Crippen LogP contribution is 2.31. The van der Waals surface area contributed by atoms with Gasteiger partial charge in [-0.1, -0.05) is 43.7 Å². The van der Waals surface area contributed by atoms with E-state index in [0.717, 1.165) is 33.8 Å². The number of sulfone groups is 1. The van der Waals surface area contributed by atoms with Crippen LogP contribution < -0.4 is 4.74 Å². The minimum atomic E-state index is -3.20. The lowest BCUT2D eigenvalue weighted by Crippen LogP contribution is -2.08. The molecule has 1 atom stereocenters. The molecule has 0 fully saturated rings. The van der Waals surface area contributed by atoms with Gasteiger partial charge in [0.1, 0.15) is 15.4 Å². The number of ether oxygens (including phenoxy) is 1. The van der Waals surface area contributed by atoms with Crippen molar-refractivity contribution in [2.45, 2.75) is 31.6 Å². The summed E-state index contributed by atoms with van der Waals surface area (Å²) in [6.45, 7) is 5.00. The van der Waals surface area contributed by atoms with E-state index in [1.807, 2.05) is 12.1 Å². The summed E-state index contributed by atoms with van der Waals surface area (Å²) in [5.41, 5.74) is 1.69. The van der Waals surface area contributed by atoms with Crippen LogP contribution in [0.3, 0.4) is 0 Å². The summed E-state index contributed by atoms with van der Waals surface area (Å²) in [4.78, 5) is 10.3. The van der Waals surface area contributed by atoms with Gasteiger partial charge in [0.25, 0.3) is 0 Å². The van der Waals surface area contributed by atoms with E-state index in [2.05, 4.69) is 23.8 Å². The van der Waals surface area contributed by atoms with Crippen LogP contribution >= 0.6 is 11.3 Å². The SMILES string of the molecule is CCCC(C)COc1ccc2nc(-c3ccc(S(C)(=O)=O)cc3)sc2n1. The van der Waals surface area contributed by atoms with Crippen molar-refractivity contribution in [3.63, 3.8) is 0 Å². The number of hydrogen-bond acceptors (Lipinski definition) is 6. The maximum atomic E-state index is 11.6. The third-order valence-electron chi connectivity index (χ3n) is 4.06. The lowest BCUT2D eigenvalue weighted by molar-refractivity contribution is 0.244. The molecule has 7 heteroatoms. The van der Waals surface area contributed by atoms with Crippen LogP contribution in [0.15, 0.2) is 41.3 Å². The molecule has 3 aromatic rings. The first-order chi connectivity index (χ1) is 12.4. The summed E-state index contributed by atoms with van der Waals surface area (Å²) in [5, 5.41) is 0.809. The first-order valence-electron chi connectivity index (χ1n) is 8.57. The zero-order valence-corrected chi connectivity index (χ0v) is 16.7. The van der Waals surface area contributed by atoms with Gasteiger partial charge < -0.3 is 4.74 Å². The summed E-state index contributed by atoms with van der Waals surface area (Å²) in [5.74, 6) is 1.12. The highest BCUT2D eigenvalue weighted by atomic mass is 32.2. The van der Waals surface area contributed by atoms with Crippen molar-refractivity contribution in [1.82, 2.24) is 9.97 Å². The largest absolute Gasteiger partial charge is 0.477 e. The molecule has 2 aromatic heterocycles. The van der Waals surface area contributed by atoms with Crippen LogP contribution in [0.2, 0.25) is 0 Å². The monoisotopic (exact) mass is 390 g/mol. The Morgan fingerprint density at radius 1 is 1.12 bits per heavy atom. The normalized spacial score (nSPS) is 13.0. The van der Waals surface area contributed by atoms with Gasteiger partial charge in [-0.2, -0.15) is 0 Å². The molecule has 1 unspecified atom stereocenters. The maximum Gasteiger partial charge on any atom is 0.214 e. The predicted molar refractivity (Wildman–Crippen MR) is 106 cm³/mol. The minimum absolute atomic E-state index is 0.303. The van der Waals surface area contributed by atoms with E-state index in [4.69, 9.17) is 4.74 Å². The van der Waals surface area contributed by atoms with E-state index in [0.29, 0.717) is 23.3 Å². The molecule has 0 bridgehead atoms. The molecule has 0 aliphatic carbocycles. The Kier molecular flexibility index (Phi) is 5.58. The molecule has 0 saturated heterocycles. The average molecular weight is 391 g/mol. The second-order valence-electron chi connectivity index (χ2n) is 6.49. The van der Waals surface area contributed by atoms with Crippen molar-refractivity contribution >= 4 is 31.5 Å². The quantitative estimate of drug-likeness (QED) is 0.591. The first kappa shape index (κ1) is 18.8. The van der Waals surface area contributed by atoms with Crippen LogP contribution in [0.4, 0.5) is 0 Å². The summed E-state index contributed by atoms with van der Waals surface area (Å²) in [6.07, 6.45) is 3.48. The zero-order chi connectivity index (χ0) is 18.7. The van der Waals surface area contributed by atoms with Crippen LogP contribution in [0.25, 0.3) is 20.9 Å². The highest BCUT2D eigenvalue weighted by molar-refractivity contribution is 7.90. The third kappa shape index (κ3) is 4.40. The van der Waals surface area contributed by atoms with Crippen LogP contribution in [0.1, 0.15) is 26.7 Å². The van der Waals surface area contributed by atoms with Crippen molar-refractivity contribution < 1.29 is 13.2 Å². The lowest BCUT2D eigenvalue weighted by Gasteiger charge is -2.10. The molecule has 0 N–H and O–H groups in total. The summed E-state index contributed by atoms with van der Waals surface area (Å²) in [7, 11) is -3.20. The summed E-state index contributed by atoms with van der Waals surface area (Å²) < 4.78 is 28.9. The number of pyridine rings is 1. The number of hydrogen-bond donors (Lipinski definition) is 0. The van der Waals surface area contributed by atoms with E-state index < -0.39 is 9.84 Å². The molecule has 26 heavy (non-hydrogen) atoms. The van der Waals surface area contributed by atoms with E-state index >= 15 is 0 Å². The topological polar surface area (TPSA) is 69.2 Å². The number of benzene rings is 1. The van der Waals surface area contributed by atoms with Crippen LogP contribution in [0, 0.1) is 5.92 Å². The number of thiazole rings is 1. The second kappa shape index (κ2) is 7.72. The van der Waals surface area contributed by atoms with E-state index in [-0.39, 0.29) is 0 Å². The molecule has 2 heterocycles. The van der Waals surface area contributed by atoms with Crippen molar-refractivity contribution in [2.75, 3.05) is 12.9 Å². The Bertz CT molecular complexity index is 995. The van der Waals surface area contributed by atoms with E-state index in [1.54, 1.807) is 24.3 Å². The lowest BCUT2D eigenvalue weighted by atomic mass is 10.1. The summed E-state index contributed by atoms with van der Waals surface area (Å²) in [6, 6.07) is 10.5. The molecule has 0 aliphatic rings. The predicted octanol–water partition coefficient (Wildman–Crippen LogP) is 4.58. The minimum Gasteiger partial charge on any atom is -0.477 e. The fourth-order valence-electron chi connectivity index (χ4n) is 2.65. The Balaban J connectivity index is 1.81. The molecular weight excluding hydrogens is 368 g/mol. The second-order valence-corrected chi connectivity index (χ2v) is 9.49. The summed E-state index contributed by atoms with van der Waals surface area (Å²) >= 11 is 1.47. The molecule has 138 valence electrons. The van der Waals surface area contributed by atoms with Crippen molar-refractivity contribution in [3.8, 4) is 16.5 Å². The smallest absolute Gasteiger partial charge is 0.214 e. The number of fused-ring (bicyclic) bond motifs is 1. The van der Waals surface area contributed by atoms with Crippen molar-refractivity contribution in [3.05, 3.63) is 36.4 Å². The van der Waals surface area contributed by atoms with Gasteiger partial charge >= 0.3 is 0 Å². The Hall–Kier alpha value is -1.99. The maximum absolute atomic E-state index is 11.6. The molecule has 0 spiro atoms. The fraction of sp³-hybridized carbons (Fsp3) is 0.368. The van der Waals surface area contributed by atoms with Crippen LogP contribution in [-0.2, 0) is 9.84 Å². The standard InChI is InChI=1S/C19H22N2O3S2/c1-4-5-13(2)12-24-17-11-10-16-19(21-17)25-18(20-16)14-6-8-15(9-7-14)26(3,22)23/h6-11,13H,4-5,12H2,1-3H3. The molecular formula is C19H22N2O3S2. The Morgan fingerprint density at radius 2 is 1.85 bits per heavy atom. The van der Waals surface area contributed by atoms with Gasteiger partial charge in [0.15, 0.2) is 9.84 Å². The molecule has 5 nitrogen and oxygen atoms in total. The fourth-order valence-corrected chi connectivity index (χ4v) is 4.22. The Labute approximate surface area is 158 Å². The van der Waals surface area contributed by atoms with Gasteiger partial charge in [0, 0.05) is 17.9 Å². The number of aromatic nitrogens is 2. The van der Waals surface area contributed by atoms with Gasteiger partial charge in [-0.05, 0) is 30.5 Å². The number of nitrogens with zero attached hydrogens (tertiary/aromatic N) is 2. The first-order valence-corrected chi connectivity index (χ1v) is 11.3. The van der Waals surface area contributed by atoms with Crippen molar-refractivity contribution in [1.29, 1.82) is 0 Å². The van der Waals surface area contributed by atoms with E-state index in [9.17, 15) is 8.42 Å². The van der Waals surface area contributed by atoms with Gasteiger partial charge in [-0.15, -0.1) is 0 Å². The van der Waals surface area contributed by atoms with Crippen LogP contribution in [0.5, 0.6) is 5.88 Å². The molecule has 0 amide bonds. The van der Waals surface area contributed by atoms with Gasteiger partial charge in [-0.25, -0.2) is 18.4 Å². The number of rotatable bonds is 7. The Morgan fingerprint density at radius 3 is 2.50 bits per heavy atom. The van der Waals surface area contributed by atoms with Crippen molar-refractivity contribution in [2.24, 2.45) is 5.92 Å². The zero-order valence-electron chi connectivity index (χ0n) is 15.1. The van der Waals surface area contributed by atoms with Gasteiger partial charge in [0.05, 0.1) is 11.5 Å². The molecule has 3 rings (SSSR count).